The Bertz CT molecular complexity index is 654. The molecule has 0 atom stereocenters. The molecule has 0 amide bonds. The number of hydrogen-bond donors (Lipinski definition) is 2. The SMILES string of the molecule is COc1cccc(Oc2ccc(CN=C(N)NC(C)C)cn2)c1. The first kappa shape index (κ1) is 16.6. The van der Waals surface area contributed by atoms with E-state index in [4.69, 9.17) is 15.2 Å². The van der Waals surface area contributed by atoms with Crippen molar-refractivity contribution in [2.75, 3.05) is 7.11 Å². The number of aliphatic imine (C=N–C) groups is 1. The molecule has 23 heavy (non-hydrogen) atoms. The van der Waals surface area contributed by atoms with Gasteiger partial charge in [0.2, 0.25) is 5.88 Å². The third kappa shape index (κ3) is 5.50. The Morgan fingerprint density at radius 1 is 1.26 bits per heavy atom. The van der Waals surface area contributed by atoms with Gasteiger partial charge in [-0.1, -0.05) is 12.1 Å². The predicted octanol–water partition coefficient (Wildman–Crippen LogP) is 2.70. The summed E-state index contributed by atoms with van der Waals surface area (Å²) in [5, 5.41) is 3.04. The Balaban J connectivity index is 1.96. The number of nitrogens with two attached hydrogens (primary N) is 1. The molecule has 6 nitrogen and oxygen atoms in total. The number of ether oxygens (including phenoxy) is 2. The van der Waals surface area contributed by atoms with Gasteiger partial charge in [-0.05, 0) is 31.5 Å². The lowest BCUT2D eigenvalue weighted by Gasteiger charge is -2.09. The fraction of sp³-hybridized carbons (Fsp3) is 0.294. The van der Waals surface area contributed by atoms with Crippen molar-refractivity contribution in [1.29, 1.82) is 0 Å². The van der Waals surface area contributed by atoms with Crippen LogP contribution in [0.1, 0.15) is 19.4 Å². The van der Waals surface area contributed by atoms with E-state index in [2.05, 4.69) is 15.3 Å². The molecular formula is C17H22N4O2. The van der Waals surface area contributed by atoms with E-state index in [-0.39, 0.29) is 6.04 Å². The van der Waals surface area contributed by atoms with Gasteiger partial charge in [-0.15, -0.1) is 0 Å². The zero-order valence-corrected chi connectivity index (χ0v) is 13.6. The van der Waals surface area contributed by atoms with Gasteiger partial charge >= 0.3 is 0 Å². The number of guanidine groups is 1. The first-order valence-electron chi connectivity index (χ1n) is 7.40. The van der Waals surface area contributed by atoms with Crippen LogP contribution in [0, 0.1) is 0 Å². The van der Waals surface area contributed by atoms with Crippen LogP contribution in [0.25, 0.3) is 0 Å². The summed E-state index contributed by atoms with van der Waals surface area (Å²) in [7, 11) is 1.62. The lowest BCUT2D eigenvalue weighted by Crippen LogP contribution is -2.36. The molecule has 122 valence electrons. The number of benzene rings is 1. The predicted molar refractivity (Wildman–Crippen MR) is 90.9 cm³/mol. The van der Waals surface area contributed by atoms with E-state index in [1.807, 2.05) is 38.1 Å². The fourth-order valence-corrected chi connectivity index (χ4v) is 1.87. The van der Waals surface area contributed by atoms with Gasteiger partial charge in [-0.2, -0.15) is 0 Å². The highest BCUT2D eigenvalue weighted by molar-refractivity contribution is 5.78. The van der Waals surface area contributed by atoms with Crippen LogP contribution in [0.2, 0.25) is 0 Å². The maximum absolute atomic E-state index is 5.76. The van der Waals surface area contributed by atoms with Crippen LogP contribution in [0.3, 0.4) is 0 Å². The first-order chi connectivity index (χ1) is 11.1. The Morgan fingerprint density at radius 3 is 2.70 bits per heavy atom. The highest BCUT2D eigenvalue weighted by Gasteiger charge is 2.01. The van der Waals surface area contributed by atoms with E-state index in [9.17, 15) is 0 Å². The van der Waals surface area contributed by atoms with Crippen molar-refractivity contribution in [1.82, 2.24) is 10.3 Å². The molecular weight excluding hydrogens is 292 g/mol. The number of nitrogens with zero attached hydrogens (tertiary/aromatic N) is 2. The number of nitrogens with one attached hydrogen (secondary N) is 1. The van der Waals surface area contributed by atoms with Gasteiger partial charge in [0.05, 0.1) is 13.7 Å². The largest absolute Gasteiger partial charge is 0.497 e. The van der Waals surface area contributed by atoms with Crippen molar-refractivity contribution >= 4 is 5.96 Å². The highest BCUT2D eigenvalue weighted by atomic mass is 16.5. The number of rotatable bonds is 6. The summed E-state index contributed by atoms with van der Waals surface area (Å²) < 4.78 is 10.9. The standard InChI is InChI=1S/C17H22N4O2/c1-12(2)21-17(18)20-11-13-7-8-16(19-10-13)23-15-6-4-5-14(9-15)22-3/h4-10,12H,11H2,1-3H3,(H3,18,20,21). The molecule has 0 aliphatic carbocycles. The van der Waals surface area contributed by atoms with E-state index in [1.165, 1.54) is 0 Å². The normalized spacial score (nSPS) is 11.4. The van der Waals surface area contributed by atoms with Gasteiger partial charge in [0.25, 0.3) is 0 Å². The maximum atomic E-state index is 5.76. The molecule has 6 heteroatoms. The smallest absolute Gasteiger partial charge is 0.219 e. The molecule has 1 heterocycles. The molecule has 2 rings (SSSR count). The summed E-state index contributed by atoms with van der Waals surface area (Å²) in [5.74, 6) is 2.35. The molecule has 1 aromatic carbocycles. The Kier molecular flexibility index (Phi) is 5.80. The molecule has 0 saturated heterocycles. The lowest BCUT2D eigenvalue weighted by atomic mass is 10.3. The van der Waals surface area contributed by atoms with Gasteiger partial charge in [-0.25, -0.2) is 9.98 Å². The van der Waals surface area contributed by atoms with E-state index in [0.29, 0.717) is 24.1 Å². The van der Waals surface area contributed by atoms with Crippen molar-refractivity contribution in [3.8, 4) is 17.4 Å². The lowest BCUT2D eigenvalue weighted by molar-refractivity contribution is 0.407. The van der Waals surface area contributed by atoms with E-state index in [1.54, 1.807) is 25.4 Å². The van der Waals surface area contributed by atoms with Crippen LogP contribution in [-0.2, 0) is 6.54 Å². The van der Waals surface area contributed by atoms with Crippen molar-refractivity contribution < 1.29 is 9.47 Å². The van der Waals surface area contributed by atoms with Crippen LogP contribution in [-0.4, -0.2) is 24.1 Å². The van der Waals surface area contributed by atoms with Crippen LogP contribution >= 0.6 is 0 Å². The molecule has 1 aromatic heterocycles. The van der Waals surface area contributed by atoms with Crippen molar-refractivity contribution in [3.05, 3.63) is 48.2 Å². The van der Waals surface area contributed by atoms with Gasteiger partial charge in [-0.3, -0.25) is 0 Å². The molecule has 0 aliphatic rings. The molecule has 0 unspecified atom stereocenters. The highest BCUT2D eigenvalue weighted by Crippen LogP contribution is 2.23. The van der Waals surface area contributed by atoms with Crippen LogP contribution in [0.15, 0.2) is 47.6 Å². The molecule has 0 aliphatic heterocycles. The summed E-state index contributed by atoms with van der Waals surface area (Å²) in [6.45, 7) is 4.49. The number of methoxy groups -OCH3 is 1. The third-order valence-electron chi connectivity index (χ3n) is 2.93. The second-order valence-electron chi connectivity index (χ2n) is 5.29. The second-order valence-corrected chi connectivity index (χ2v) is 5.29. The zero-order valence-electron chi connectivity index (χ0n) is 13.6. The number of aromatic nitrogens is 1. The molecule has 2 aromatic rings. The summed E-state index contributed by atoms with van der Waals surface area (Å²) in [4.78, 5) is 8.53. The number of hydrogen-bond acceptors (Lipinski definition) is 4. The summed E-state index contributed by atoms with van der Waals surface area (Å²) in [6.07, 6.45) is 1.72. The van der Waals surface area contributed by atoms with Crippen molar-refractivity contribution in [2.24, 2.45) is 10.7 Å². The second kappa shape index (κ2) is 8.03. The average molecular weight is 314 g/mol. The molecule has 0 saturated carbocycles. The van der Waals surface area contributed by atoms with Gasteiger partial charge in [0.15, 0.2) is 5.96 Å². The van der Waals surface area contributed by atoms with Crippen LogP contribution < -0.4 is 20.5 Å². The minimum Gasteiger partial charge on any atom is -0.497 e. The molecule has 0 bridgehead atoms. The van der Waals surface area contributed by atoms with Gasteiger partial charge in [0, 0.05) is 24.4 Å². The molecule has 3 N–H and O–H groups in total. The van der Waals surface area contributed by atoms with Crippen LogP contribution in [0.5, 0.6) is 17.4 Å². The molecule has 0 fully saturated rings. The Labute approximate surface area is 136 Å². The summed E-state index contributed by atoms with van der Waals surface area (Å²) in [6, 6.07) is 11.3. The number of pyridine rings is 1. The molecule has 0 radical (unpaired) electrons. The van der Waals surface area contributed by atoms with Crippen LogP contribution in [0.4, 0.5) is 0 Å². The zero-order chi connectivity index (χ0) is 16.7. The van der Waals surface area contributed by atoms with E-state index >= 15 is 0 Å². The van der Waals surface area contributed by atoms with Crippen molar-refractivity contribution in [3.63, 3.8) is 0 Å². The minimum atomic E-state index is 0.260. The fourth-order valence-electron chi connectivity index (χ4n) is 1.87. The first-order valence-corrected chi connectivity index (χ1v) is 7.40. The van der Waals surface area contributed by atoms with Crippen molar-refractivity contribution in [2.45, 2.75) is 26.4 Å². The van der Waals surface area contributed by atoms with Gasteiger partial charge in [0.1, 0.15) is 11.5 Å². The van der Waals surface area contributed by atoms with Gasteiger partial charge < -0.3 is 20.5 Å². The van der Waals surface area contributed by atoms with E-state index in [0.717, 1.165) is 11.3 Å². The average Bonchev–Trinajstić information content (AvgIpc) is 2.54. The molecule has 0 spiro atoms. The maximum Gasteiger partial charge on any atom is 0.219 e. The monoisotopic (exact) mass is 314 g/mol. The Hall–Kier alpha value is -2.76. The topological polar surface area (TPSA) is 81.8 Å². The Morgan fingerprint density at radius 2 is 2.04 bits per heavy atom. The summed E-state index contributed by atoms with van der Waals surface area (Å²) >= 11 is 0. The third-order valence-corrected chi connectivity index (χ3v) is 2.93. The van der Waals surface area contributed by atoms with E-state index < -0.39 is 0 Å². The quantitative estimate of drug-likeness (QED) is 0.633. The summed E-state index contributed by atoms with van der Waals surface area (Å²) in [5.41, 5.74) is 6.72. The minimum absolute atomic E-state index is 0.260.